The number of rotatable bonds is 5. The van der Waals surface area contributed by atoms with Crippen molar-refractivity contribution in [2.45, 2.75) is 37.9 Å². The topological polar surface area (TPSA) is 140 Å². The van der Waals surface area contributed by atoms with E-state index in [1.54, 1.807) is 0 Å². The van der Waals surface area contributed by atoms with Crippen LogP contribution in [0.25, 0.3) is 0 Å². The maximum absolute atomic E-state index is 13.2. The zero-order valence-corrected chi connectivity index (χ0v) is 17.6. The van der Waals surface area contributed by atoms with Crippen molar-refractivity contribution in [3.05, 3.63) is 61.4 Å². The molecule has 33 heavy (non-hydrogen) atoms. The van der Waals surface area contributed by atoms with Crippen molar-refractivity contribution in [1.82, 2.24) is 29.8 Å². The maximum Gasteiger partial charge on any atom is 0.417 e. The predicted molar refractivity (Wildman–Crippen MR) is 108 cm³/mol. The number of aryl methyl sites for hydroxylation is 1. The standard InChI is InChI=1S/C18H17ClF3N7O4/c1-8-6-28(17(32)24-15(8)31)14-5-12(13(7-30)33-14)29-16(25-26-27-29)23-9-2-3-11(19)10(4-9)18(20,21)22/h2-4,6,12-14,30H,5,7H2,1H3,(H,23,25,27)(H,24,31,32)/t12-,13+,14+/m0/s1. The number of hydrogen-bond acceptors (Lipinski definition) is 8. The zero-order valence-electron chi connectivity index (χ0n) is 16.9. The Hall–Kier alpha value is -3.23. The molecule has 15 heteroatoms. The normalized spacial score (nSPS) is 20.8. The van der Waals surface area contributed by atoms with E-state index in [1.165, 1.54) is 28.4 Å². The highest BCUT2D eigenvalue weighted by Gasteiger charge is 2.40. The van der Waals surface area contributed by atoms with Crippen LogP contribution in [-0.4, -0.2) is 47.6 Å². The minimum atomic E-state index is -4.66. The lowest BCUT2D eigenvalue weighted by molar-refractivity contribution is -0.137. The van der Waals surface area contributed by atoms with Gasteiger partial charge in [-0.2, -0.15) is 13.2 Å². The van der Waals surface area contributed by atoms with Crippen LogP contribution in [0.1, 0.15) is 29.8 Å². The Balaban J connectivity index is 1.63. The number of H-pyrrole nitrogens is 1. The number of aromatic amines is 1. The van der Waals surface area contributed by atoms with Crippen LogP contribution in [0.4, 0.5) is 24.8 Å². The molecule has 0 aliphatic carbocycles. The summed E-state index contributed by atoms with van der Waals surface area (Å²) in [6, 6.07) is 2.57. The average molecular weight is 488 g/mol. The quantitative estimate of drug-likeness (QED) is 0.494. The van der Waals surface area contributed by atoms with Gasteiger partial charge in [0.1, 0.15) is 12.3 Å². The molecule has 1 aliphatic heterocycles. The van der Waals surface area contributed by atoms with Crippen molar-refractivity contribution in [3.63, 3.8) is 0 Å². The summed E-state index contributed by atoms with van der Waals surface area (Å²) in [5, 5.41) is 23.3. The summed E-state index contributed by atoms with van der Waals surface area (Å²) in [5.74, 6) is -0.0110. The van der Waals surface area contributed by atoms with E-state index in [1.807, 2.05) is 0 Å². The maximum atomic E-state index is 13.2. The fraction of sp³-hybridized carbons (Fsp3) is 0.389. The Bertz CT molecular complexity index is 1290. The van der Waals surface area contributed by atoms with Crippen LogP contribution in [0.3, 0.4) is 0 Å². The zero-order chi connectivity index (χ0) is 23.9. The van der Waals surface area contributed by atoms with Crippen molar-refractivity contribution < 1.29 is 23.0 Å². The van der Waals surface area contributed by atoms with E-state index in [4.69, 9.17) is 16.3 Å². The number of tetrazole rings is 1. The van der Waals surface area contributed by atoms with E-state index in [0.717, 1.165) is 12.1 Å². The molecule has 1 aliphatic rings. The summed E-state index contributed by atoms with van der Waals surface area (Å²) >= 11 is 5.66. The third-order valence-corrected chi connectivity index (χ3v) is 5.50. The molecule has 4 rings (SSSR count). The number of hydrogen-bond donors (Lipinski definition) is 3. The van der Waals surface area contributed by atoms with Crippen LogP contribution < -0.4 is 16.6 Å². The molecule has 3 heterocycles. The minimum absolute atomic E-state index is 0.0110. The molecule has 1 saturated heterocycles. The molecule has 3 N–H and O–H groups in total. The van der Waals surface area contributed by atoms with Gasteiger partial charge >= 0.3 is 11.9 Å². The molecule has 0 saturated carbocycles. The first-order valence-corrected chi connectivity index (χ1v) is 9.96. The third-order valence-electron chi connectivity index (χ3n) is 5.18. The summed E-state index contributed by atoms with van der Waals surface area (Å²) in [5.41, 5.74) is -1.93. The molecule has 0 radical (unpaired) electrons. The number of nitrogens with zero attached hydrogens (tertiary/aromatic N) is 5. The summed E-state index contributed by atoms with van der Waals surface area (Å²) < 4.78 is 47.7. The number of aliphatic hydroxyl groups excluding tert-OH is 1. The van der Waals surface area contributed by atoms with E-state index in [9.17, 15) is 27.9 Å². The molecule has 0 spiro atoms. The number of nitrogens with one attached hydrogen (secondary N) is 2. The molecule has 11 nitrogen and oxygen atoms in total. The summed E-state index contributed by atoms with van der Waals surface area (Å²) in [7, 11) is 0. The molecule has 1 aromatic carbocycles. The Morgan fingerprint density at radius 2 is 2.12 bits per heavy atom. The van der Waals surface area contributed by atoms with Crippen molar-refractivity contribution >= 4 is 23.2 Å². The number of anilines is 2. The first-order valence-electron chi connectivity index (χ1n) is 9.58. The Labute approximate surface area is 187 Å². The third kappa shape index (κ3) is 4.49. The van der Waals surface area contributed by atoms with Crippen LogP contribution in [0.2, 0.25) is 5.02 Å². The van der Waals surface area contributed by atoms with Crippen LogP contribution in [0, 0.1) is 6.92 Å². The second-order valence-electron chi connectivity index (χ2n) is 7.36. The van der Waals surface area contributed by atoms with Crippen LogP contribution in [0.15, 0.2) is 34.0 Å². The number of aliphatic hydroxyl groups is 1. The SMILES string of the molecule is Cc1cn([C@H]2C[C@H](n3nnnc3Nc3ccc(Cl)c(C(F)(F)F)c3)[C@@H](CO)O2)c(=O)[nH]c1=O. The van der Waals surface area contributed by atoms with Gasteiger partial charge in [-0.1, -0.05) is 16.7 Å². The average Bonchev–Trinajstić information content (AvgIpc) is 3.37. The van der Waals surface area contributed by atoms with E-state index < -0.39 is 53.0 Å². The van der Waals surface area contributed by atoms with E-state index in [0.29, 0.717) is 0 Å². The first kappa shape index (κ1) is 22.9. The lowest BCUT2D eigenvalue weighted by Gasteiger charge is -2.17. The van der Waals surface area contributed by atoms with Gasteiger partial charge in [-0.05, 0) is 35.5 Å². The second kappa shape index (κ2) is 8.61. The van der Waals surface area contributed by atoms with Gasteiger partial charge in [0.25, 0.3) is 5.56 Å². The molecule has 2 aromatic heterocycles. The monoisotopic (exact) mass is 487 g/mol. The molecular weight excluding hydrogens is 471 g/mol. The number of alkyl halides is 3. The van der Waals surface area contributed by atoms with E-state index in [2.05, 4.69) is 25.8 Å². The van der Waals surface area contributed by atoms with Crippen LogP contribution in [0.5, 0.6) is 0 Å². The van der Waals surface area contributed by atoms with Gasteiger partial charge in [-0.25, -0.2) is 9.48 Å². The van der Waals surface area contributed by atoms with Gasteiger partial charge in [0.05, 0.1) is 23.2 Å². The summed E-state index contributed by atoms with van der Waals surface area (Å²) in [4.78, 5) is 26.0. The largest absolute Gasteiger partial charge is 0.417 e. The molecule has 0 unspecified atom stereocenters. The van der Waals surface area contributed by atoms with Gasteiger partial charge in [0, 0.05) is 23.9 Å². The number of benzene rings is 1. The summed E-state index contributed by atoms with van der Waals surface area (Å²) in [6.07, 6.45) is -4.87. The molecule has 3 atom stereocenters. The predicted octanol–water partition coefficient (Wildman–Crippen LogP) is 1.77. The molecule has 176 valence electrons. The van der Waals surface area contributed by atoms with Gasteiger partial charge in [-0.3, -0.25) is 14.3 Å². The van der Waals surface area contributed by atoms with E-state index in [-0.39, 0.29) is 23.6 Å². The fourth-order valence-electron chi connectivity index (χ4n) is 3.56. The van der Waals surface area contributed by atoms with Crippen molar-refractivity contribution in [2.24, 2.45) is 0 Å². The highest BCUT2D eigenvalue weighted by molar-refractivity contribution is 6.31. The molecule has 3 aromatic rings. The lowest BCUT2D eigenvalue weighted by Crippen LogP contribution is -2.33. The Kier molecular flexibility index (Phi) is 5.99. The van der Waals surface area contributed by atoms with Gasteiger partial charge in [0.2, 0.25) is 5.95 Å². The number of aromatic nitrogens is 6. The number of halogens is 4. The smallest absolute Gasteiger partial charge is 0.394 e. The van der Waals surface area contributed by atoms with Gasteiger partial charge < -0.3 is 15.2 Å². The molecule has 0 amide bonds. The highest BCUT2D eigenvalue weighted by atomic mass is 35.5. The van der Waals surface area contributed by atoms with Crippen LogP contribution >= 0.6 is 11.6 Å². The Morgan fingerprint density at radius 1 is 1.36 bits per heavy atom. The summed E-state index contributed by atoms with van der Waals surface area (Å²) in [6.45, 7) is 1.08. The second-order valence-corrected chi connectivity index (χ2v) is 7.77. The van der Waals surface area contributed by atoms with E-state index >= 15 is 0 Å². The number of ether oxygens (including phenoxy) is 1. The molecule has 0 bridgehead atoms. The van der Waals surface area contributed by atoms with Gasteiger partial charge in [0.15, 0.2) is 0 Å². The first-order chi connectivity index (χ1) is 15.6. The highest BCUT2D eigenvalue weighted by Crippen LogP contribution is 2.39. The minimum Gasteiger partial charge on any atom is -0.394 e. The van der Waals surface area contributed by atoms with Crippen molar-refractivity contribution in [3.8, 4) is 0 Å². The lowest BCUT2D eigenvalue weighted by atomic mass is 10.1. The Morgan fingerprint density at radius 3 is 2.82 bits per heavy atom. The van der Waals surface area contributed by atoms with Crippen molar-refractivity contribution in [1.29, 1.82) is 0 Å². The molecule has 1 fully saturated rings. The van der Waals surface area contributed by atoms with Gasteiger partial charge in [-0.15, -0.1) is 0 Å². The molecular formula is C18H17ClF3N7O4. The fourth-order valence-corrected chi connectivity index (χ4v) is 3.78. The van der Waals surface area contributed by atoms with Crippen LogP contribution in [-0.2, 0) is 10.9 Å². The van der Waals surface area contributed by atoms with Crippen molar-refractivity contribution in [2.75, 3.05) is 11.9 Å².